The fourth-order valence-corrected chi connectivity index (χ4v) is 2.69. The Hall–Kier alpha value is -1.39. The second-order valence-corrected chi connectivity index (χ2v) is 5.55. The highest BCUT2D eigenvalue weighted by atomic mass is 16.2. The van der Waals surface area contributed by atoms with Gasteiger partial charge in [-0.05, 0) is 18.5 Å². The Bertz CT molecular complexity index is 415. The van der Waals surface area contributed by atoms with Crippen LogP contribution in [0.15, 0.2) is 30.3 Å². The van der Waals surface area contributed by atoms with E-state index in [4.69, 9.17) is 0 Å². The topological polar surface area (TPSA) is 35.6 Å². The van der Waals surface area contributed by atoms with Gasteiger partial charge in [-0.15, -0.1) is 0 Å². The lowest BCUT2D eigenvalue weighted by Gasteiger charge is -2.28. The predicted octanol–water partition coefficient (Wildman–Crippen LogP) is 1.37. The third kappa shape index (κ3) is 5.48. The first-order valence-electron chi connectivity index (χ1n) is 8.04. The van der Waals surface area contributed by atoms with Crippen LogP contribution in [0.25, 0.3) is 0 Å². The van der Waals surface area contributed by atoms with Crippen molar-refractivity contribution >= 4 is 5.91 Å². The van der Waals surface area contributed by atoms with Gasteiger partial charge in [0, 0.05) is 45.7 Å². The number of hydrogen-bond acceptors (Lipinski definition) is 3. The Morgan fingerprint density at radius 1 is 1.19 bits per heavy atom. The van der Waals surface area contributed by atoms with Gasteiger partial charge >= 0.3 is 0 Å². The first-order chi connectivity index (χ1) is 10.3. The summed E-state index contributed by atoms with van der Waals surface area (Å²) in [6.45, 7) is 8.63. The average Bonchev–Trinajstić information content (AvgIpc) is 2.56. The molecule has 0 radical (unpaired) electrons. The van der Waals surface area contributed by atoms with E-state index in [0.717, 1.165) is 52.2 Å². The van der Waals surface area contributed by atoms with Crippen LogP contribution in [-0.4, -0.2) is 61.5 Å². The summed E-state index contributed by atoms with van der Waals surface area (Å²) < 4.78 is 0. The van der Waals surface area contributed by atoms with Crippen LogP contribution in [0.2, 0.25) is 0 Å². The van der Waals surface area contributed by atoms with Gasteiger partial charge in [0.2, 0.25) is 5.91 Å². The standard InChI is InChI=1S/C17H27N3O/c1-2-19(12-8-16-6-4-3-5-7-16)13-9-17(21)20-14-10-18-11-15-20/h3-7,18H,2,8-15H2,1H3. The summed E-state index contributed by atoms with van der Waals surface area (Å²) in [6.07, 6.45) is 1.69. The zero-order valence-electron chi connectivity index (χ0n) is 13.1. The van der Waals surface area contributed by atoms with Crippen LogP contribution in [0.4, 0.5) is 0 Å². The van der Waals surface area contributed by atoms with E-state index >= 15 is 0 Å². The van der Waals surface area contributed by atoms with Crippen LogP contribution in [0.1, 0.15) is 18.9 Å². The maximum atomic E-state index is 12.2. The lowest BCUT2D eigenvalue weighted by Crippen LogP contribution is -2.47. The molecule has 1 saturated heterocycles. The molecule has 4 nitrogen and oxygen atoms in total. The third-order valence-electron chi connectivity index (χ3n) is 4.12. The van der Waals surface area contributed by atoms with Crippen molar-refractivity contribution in [3.8, 4) is 0 Å². The number of likely N-dealkylation sites (N-methyl/N-ethyl adjacent to an activating group) is 1. The van der Waals surface area contributed by atoms with Crippen molar-refractivity contribution in [1.29, 1.82) is 0 Å². The Balaban J connectivity index is 1.70. The maximum absolute atomic E-state index is 12.2. The van der Waals surface area contributed by atoms with Gasteiger partial charge in [0.15, 0.2) is 0 Å². The summed E-state index contributed by atoms with van der Waals surface area (Å²) in [5.41, 5.74) is 1.37. The van der Waals surface area contributed by atoms with Crippen molar-refractivity contribution in [3.63, 3.8) is 0 Å². The van der Waals surface area contributed by atoms with Gasteiger partial charge in [0.1, 0.15) is 0 Å². The largest absolute Gasteiger partial charge is 0.340 e. The van der Waals surface area contributed by atoms with Crippen molar-refractivity contribution < 1.29 is 4.79 Å². The van der Waals surface area contributed by atoms with Crippen LogP contribution < -0.4 is 5.32 Å². The fraction of sp³-hybridized carbons (Fsp3) is 0.588. The number of rotatable bonds is 7. The number of nitrogens with one attached hydrogen (secondary N) is 1. The monoisotopic (exact) mass is 289 g/mol. The Kier molecular flexibility index (Phi) is 6.70. The van der Waals surface area contributed by atoms with E-state index in [1.807, 2.05) is 11.0 Å². The molecule has 4 heteroatoms. The van der Waals surface area contributed by atoms with E-state index in [9.17, 15) is 4.79 Å². The van der Waals surface area contributed by atoms with Gasteiger partial charge in [-0.2, -0.15) is 0 Å². The van der Waals surface area contributed by atoms with Gasteiger partial charge in [-0.1, -0.05) is 37.3 Å². The number of carbonyl (C=O) groups is 1. The zero-order chi connectivity index (χ0) is 14.9. The number of nitrogens with zero attached hydrogens (tertiary/aromatic N) is 2. The SMILES string of the molecule is CCN(CCC(=O)N1CCNCC1)CCc1ccccc1. The summed E-state index contributed by atoms with van der Waals surface area (Å²) in [6, 6.07) is 10.5. The molecule has 1 aliphatic rings. The summed E-state index contributed by atoms with van der Waals surface area (Å²) in [5, 5.41) is 3.28. The van der Waals surface area contributed by atoms with Gasteiger partial charge < -0.3 is 15.1 Å². The summed E-state index contributed by atoms with van der Waals surface area (Å²) in [4.78, 5) is 16.5. The minimum absolute atomic E-state index is 0.301. The molecule has 0 saturated carbocycles. The van der Waals surface area contributed by atoms with Crippen LogP contribution in [0.3, 0.4) is 0 Å². The number of carbonyl (C=O) groups excluding carboxylic acids is 1. The summed E-state index contributed by atoms with van der Waals surface area (Å²) in [5.74, 6) is 0.301. The number of piperazine rings is 1. The molecule has 0 aromatic heterocycles. The first kappa shape index (κ1) is 16.0. The Morgan fingerprint density at radius 3 is 2.57 bits per heavy atom. The minimum atomic E-state index is 0.301. The molecule has 0 bridgehead atoms. The molecule has 1 aromatic carbocycles. The number of benzene rings is 1. The zero-order valence-corrected chi connectivity index (χ0v) is 13.1. The molecule has 1 N–H and O–H groups in total. The molecule has 1 aromatic rings. The highest BCUT2D eigenvalue weighted by Gasteiger charge is 2.16. The Morgan fingerprint density at radius 2 is 1.90 bits per heavy atom. The lowest BCUT2D eigenvalue weighted by atomic mass is 10.1. The van der Waals surface area contributed by atoms with Crippen LogP contribution >= 0.6 is 0 Å². The fourth-order valence-electron chi connectivity index (χ4n) is 2.69. The smallest absolute Gasteiger partial charge is 0.223 e. The second kappa shape index (κ2) is 8.80. The molecule has 2 rings (SSSR count). The second-order valence-electron chi connectivity index (χ2n) is 5.55. The van der Waals surface area contributed by atoms with Crippen molar-refractivity contribution in [3.05, 3.63) is 35.9 Å². The van der Waals surface area contributed by atoms with E-state index in [0.29, 0.717) is 12.3 Å². The highest BCUT2D eigenvalue weighted by molar-refractivity contribution is 5.76. The van der Waals surface area contributed by atoms with E-state index < -0.39 is 0 Å². The molecular weight excluding hydrogens is 262 g/mol. The number of hydrogen-bond donors (Lipinski definition) is 1. The maximum Gasteiger partial charge on any atom is 0.223 e. The van der Waals surface area contributed by atoms with Gasteiger partial charge in [0.25, 0.3) is 0 Å². The molecule has 1 heterocycles. The first-order valence-corrected chi connectivity index (χ1v) is 8.04. The molecular formula is C17H27N3O. The molecule has 0 aliphatic carbocycles. The molecule has 1 aliphatic heterocycles. The van der Waals surface area contributed by atoms with Crippen molar-refractivity contribution in [1.82, 2.24) is 15.1 Å². The van der Waals surface area contributed by atoms with Crippen LogP contribution in [0, 0.1) is 0 Å². The van der Waals surface area contributed by atoms with E-state index in [2.05, 4.69) is 41.4 Å². The van der Waals surface area contributed by atoms with Gasteiger partial charge in [-0.3, -0.25) is 4.79 Å². The highest BCUT2D eigenvalue weighted by Crippen LogP contribution is 2.03. The normalized spacial score (nSPS) is 15.4. The molecule has 1 fully saturated rings. The van der Waals surface area contributed by atoms with Crippen LogP contribution in [0.5, 0.6) is 0 Å². The van der Waals surface area contributed by atoms with E-state index in [-0.39, 0.29) is 0 Å². The molecule has 0 unspecified atom stereocenters. The summed E-state index contributed by atoms with van der Waals surface area (Å²) in [7, 11) is 0. The third-order valence-corrected chi connectivity index (χ3v) is 4.12. The molecule has 116 valence electrons. The van der Waals surface area contributed by atoms with E-state index in [1.54, 1.807) is 0 Å². The van der Waals surface area contributed by atoms with Gasteiger partial charge in [-0.25, -0.2) is 0 Å². The van der Waals surface area contributed by atoms with Crippen molar-refractivity contribution in [2.45, 2.75) is 19.8 Å². The van der Waals surface area contributed by atoms with E-state index in [1.165, 1.54) is 5.56 Å². The van der Waals surface area contributed by atoms with Crippen molar-refractivity contribution in [2.24, 2.45) is 0 Å². The molecule has 0 atom stereocenters. The van der Waals surface area contributed by atoms with Crippen LogP contribution in [-0.2, 0) is 11.2 Å². The predicted molar refractivity (Wildman–Crippen MR) is 86.3 cm³/mol. The minimum Gasteiger partial charge on any atom is -0.340 e. The molecule has 1 amide bonds. The van der Waals surface area contributed by atoms with Gasteiger partial charge in [0.05, 0.1) is 0 Å². The van der Waals surface area contributed by atoms with Crippen molar-refractivity contribution in [2.75, 3.05) is 45.8 Å². The summed E-state index contributed by atoms with van der Waals surface area (Å²) >= 11 is 0. The lowest BCUT2D eigenvalue weighted by molar-refractivity contribution is -0.132. The number of amides is 1. The molecule has 0 spiro atoms. The Labute approximate surface area is 128 Å². The quantitative estimate of drug-likeness (QED) is 0.823. The molecule has 21 heavy (non-hydrogen) atoms. The average molecular weight is 289 g/mol.